The normalized spacial score (nSPS) is 18.3. The van der Waals surface area contributed by atoms with Crippen molar-refractivity contribution in [3.05, 3.63) is 59.6 Å². The highest BCUT2D eigenvalue weighted by Gasteiger charge is 2.31. The zero-order chi connectivity index (χ0) is 26.5. The standard InChI is InChI=1S/C26H33FN6O4/c1-15-6-4-5-11-33(15)23(34)13-20(31-26(36)21-12-16(2)37-32-21)25(35)29-17(3)24-28-14-22(30-24)18-7-9-19(27)10-8-18/h7-10,12,14-15,17,20,25,29,35H,4-6,11,13H2,1-3H3,(H,28,30)(H,31,36)/t15-,17-,20-,25-/m0/s1. The van der Waals surface area contributed by atoms with Gasteiger partial charge in [-0.3, -0.25) is 14.9 Å². The van der Waals surface area contributed by atoms with Crippen LogP contribution in [0.2, 0.25) is 0 Å². The first-order valence-corrected chi connectivity index (χ1v) is 12.5. The van der Waals surface area contributed by atoms with Crippen LogP contribution in [0, 0.1) is 12.7 Å². The highest BCUT2D eigenvalue weighted by molar-refractivity contribution is 5.92. The smallest absolute Gasteiger partial charge is 0.273 e. The molecule has 2 amide bonds. The van der Waals surface area contributed by atoms with Crippen LogP contribution in [0.15, 0.2) is 41.1 Å². The molecule has 1 aliphatic rings. The molecule has 0 spiro atoms. The van der Waals surface area contributed by atoms with E-state index in [0.29, 0.717) is 23.8 Å². The lowest BCUT2D eigenvalue weighted by Crippen LogP contribution is -2.54. The number of aromatic nitrogens is 3. The number of nitrogens with one attached hydrogen (secondary N) is 3. The number of aryl methyl sites for hydroxylation is 1. The SMILES string of the molecule is Cc1cc(C(=O)N[C@@H](CC(=O)N2CCCC[C@@H]2C)[C@H](O)N[C@@H](C)c2nc(-c3ccc(F)cc3)c[nH]2)no1. The topological polar surface area (TPSA) is 136 Å². The molecule has 2 aromatic heterocycles. The van der Waals surface area contributed by atoms with Crippen molar-refractivity contribution >= 4 is 11.8 Å². The number of carbonyl (C=O) groups is 2. The van der Waals surface area contributed by atoms with Gasteiger partial charge < -0.3 is 24.8 Å². The molecule has 1 saturated heterocycles. The van der Waals surface area contributed by atoms with Crippen LogP contribution in [-0.2, 0) is 4.79 Å². The number of aliphatic hydroxyl groups is 1. The predicted octanol–water partition coefficient (Wildman–Crippen LogP) is 3.07. The van der Waals surface area contributed by atoms with Crippen molar-refractivity contribution in [2.45, 2.75) is 70.8 Å². The molecule has 11 heteroatoms. The third-order valence-corrected chi connectivity index (χ3v) is 6.64. The Kier molecular flexibility index (Phi) is 8.34. The number of nitrogens with zero attached hydrogens (tertiary/aromatic N) is 3. The fraction of sp³-hybridized carbons (Fsp3) is 0.462. The van der Waals surface area contributed by atoms with Gasteiger partial charge in [-0.2, -0.15) is 0 Å². The molecule has 0 unspecified atom stereocenters. The van der Waals surface area contributed by atoms with E-state index in [-0.39, 0.29) is 29.9 Å². The number of H-pyrrole nitrogens is 1. The number of imidazole rings is 1. The molecule has 1 aromatic carbocycles. The second-order valence-electron chi connectivity index (χ2n) is 9.55. The molecule has 0 radical (unpaired) electrons. The molecule has 0 bridgehead atoms. The maximum atomic E-state index is 13.3. The first-order chi connectivity index (χ1) is 17.7. The zero-order valence-corrected chi connectivity index (χ0v) is 21.2. The molecule has 0 aliphatic carbocycles. The van der Waals surface area contributed by atoms with E-state index in [9.17, 15) is 19.1 Å². The number of amides is 2. The summed E-state index contributed by atoms with van der Waals surface area (Å²) in [5.74, 6) is -0.0149. The van der Waals surface area contributed by atoms with Gasteiger partial charge in [-0.1, -0.05) is 5.16 Å². The van der Waals surface area contributed by atoms with Gasteiger partial charge in [0.2, 0.25) is 5.91 Å². The summed E-state index contributed by atoms with van der Waals surface area (Å²) in [7, 11) is 0. The van der Waals surface area contributed by atoms with E-state index in [1.165, 1.54) is 18.2 Å². The van der Waals surface area contributed by atoms with Crippen LogP contribution >= 0.6 is 0 Å². The van der Waals surface area contributed by atoms with Gasteiger partial charge in [0.1, 0.15) is 23.6 Å². The summed E-state index contributed by atoms with van der Waals surface area (Å²) in [5, 5.41) is 20.6. The lowest BCUT2D eigenvalue weighted by molar-refractivity contribution is -0.135. The third-order valence-electron chi connectivity index (χ3n) is 6.64. The molecule has 3 heterocycles. The van der Waals surface area contributed by atoms with E-state index >= 15 is 0 Å². The van der Waals surface area contributed by atoms with E-state index in [0.717, 1.165) is 24.8 Å². The fourth-order valence-electron chi connectivity index (χ4n) is 4.51. The van der Waals surface area contributed by atoms with E-state index in [1.807, 2.05) is 6.92 Å². The average Bonchev–Trinajstić information content (AvgIpc) is 3.54. The van der Waals surface area contributed by atoms with Crippen molar-refractivity contribution in [3.8, 4) is 11.3 Å². The van der Waals surface area contributed by atoms with Gasteiger partial charge >= 0.3 is 0 Å². The van der Waals surface area contributed by atoms with Gasteiger partial charge in [-0.15, -0.1) is 0 Å². The van der Waals surface area contributed by atoms with Crippen LogP contribution < -0.4 is 10.6 Å². The minimum absolute atomic E-state index is 0.0662. The number of aliphatic hydroxyl groups excluding tert-OH is 1. The summed E-state index contributed by atoms with van der Waals surface area (Å²) in [6, 6.07) is 6.19. The Bertz CT molecular complexity index is 1210. The summed E-state index contributed by atoms with van der Waals surface area (Å²) in [6.07, 6.45) is 3.26. The van der Waals surface area contributed by atoms with Crippen molar-refractivity contribution in [2.24, 2.45) is 0 Å². The Morgan fingerprint density at radius 1 is 1.30 bits per heavy atom. The quantitative estimate of drug-likeness (QED) is 0.324. The molecule has 1 aliphatic heterocycles. The molecule has 37 heavy (non-hydrogen) atoms. The monoisotopic (exact) mass is 512 g/mol. The van der Waals surface area contributed by atoms with Crippen molar-refractivity contribution in [1.29, 1.82) is 0 Å². The molecule has 4 rings (SSSR count). The van der Waals surface area contributed by atoms with Crippen molar-refractivity contribution in [3.63, 3.8) is 0 Å². The molecule has 1 fully saturated rings. The maximum Gasteiger partial charge on any atom is 0.273 e. The Labute approximate surface area is 214 Å². The molecule has 198 valence electrons. The summed E-state index contributed by atoms with van der Waals surface area (Å²) in [5.41, 5.74) is 1.43. The number of piperidine rings is 1. The number of benzene rings is 1. The van der Waals surface area contributed by atoms with Crippen molar-refractivity contribution in [1.82, 2.24) is 30.7 Å². The molecule has 4 atom stereocenters. The third kappa shape index (κ3) is 6.60. The fourth-order valence-corrected chi connectivity index (χ4v) is 4.51. The van der Waals surface area contributed by atoms with Crippen LogP contribution in [0.3, 0.4) is 0 Å². The van der Waals surface area contributed by atoms with Crippen LogP contribution in [0.25, 0.3) is 11.3 Å². The molecule has 10 nitrogen and oxygen atoms in total. The van der Waals surface area contributed by atoms with E-state index in [2.05, 4.69) is 25.8 Å². The second kappa shape index (κ2) is 11.7. The van der Waals surface area contributed by atoms with E-state index < -0.39 is 24.2 Å². The van der Waals surface area contributed by atoms with Crippen LogP contribution in [0.1, 0.15) is 67.6 Å². The van der Waals surface area contributed by atoms with Gasteiger partial charge in [-0.05, 0) is 64.3 Å². The molecular weight excluding hydrogens is 479 g/mol. The number of likely N-dealkylation sites (tertiary alicyclic amines) is 1. The first-order valence-electron chi connectivity index (χ1n) is 12.5. The Morgan fingerprint density at radius 2 is 2.05 bits per heavy atom. The number of aromatic amines is 1. The molecular formula is C26H33FN6O4. The van der Waals surface area contributed by atoms with Gasteiger partial charge in [0.15, 0.2) is 5.69 Å². The summed E-state index contributed by atoms with van der Waals surface area (Å²) in [6.45, 7) is 6.13. The Balaban J connectivity index is 1.46. The Hall–Kier alpha value is -3.57. The van der Waals surface area contributed by atoms with Crippen molar-refractivity contribution < 1.29 is 23.6 Å². The number of carbonyl (C=O) groups excluding carboxylic acids is 2. The van der Waals surface area contributed by atoms with E-state index in [1.54, 1.807) is 37.1 Å². The highest BCUT2D eigenvalue weighted by Crippen LogP contribution is 2.21. The van der Waals surface area contributed by atoms with Crippen LogP contribution in [-0.4, -0.2) is 61.8 Å². The van der Waals surface area contributed by atoms with Crippen LogP contribution in [0.5, 0.6) is 0 Å². The van der Waals surface area contributed by atoms with Gasteiger partial charge in [-0.25, -0.2) is 9.37 Å². The van der Waals surface area contributed by atoms with Gasteiger partial charge in [0.25, 0.3) is 5.91 Å². The average molecular weight is 513 g/mol. The van der Waals surface area contributed by atoms with Crippen LogP contribution in [0.4, 0.5) is 4.39 Å². The van der Waals surface area contributed by atoms with E-state index in [4.69, 9.17) is 4.52 Å². The minimum atomic E-state index is -1.27. The van der Waals surface area contributed by atoms with Gasteiger partial charge in [0.05, 0.1) is 24.2 Å². The molecule has 0 saturated carbocycles. The lowest BCUT2D eigenvalue weighted by atomic mass is 10.0. The number of hydrogen-bond donors (Lipinski definition) is 4. The first kappa shape index (κ1) is 26.5. The molecule has 4 N–H and O–H groups in total. The number of halogens is 1. The summed E-state index contributed by atoms with van der Waals surface area (Å²) in [4.78, 5) is 35.3. The highest BCUT2D eigenvalue weighted by atomic mass is 19.1. The largest absolute Gasteiger partial charge is 0.376 e. The maximum absolute atomic E-state index is 13.3. The minimum Gasteiger partial charge on any atom is -0.376 e. The zero-order valence-electron chi connectivity index (χ0n) is 21.2. The van der Waals surface area contributed by atoms with Crippen molar-refractivity contribution in [2.75, 3.05) is 6.54 Å². The van der Waals surface area contributed by atoms with Gasteiger partial charge in [0, 0.05) is 30.4 Å². The number of rotatable bonds is 9. The summed E-state index contributed by atoms with van der Waals surface area (Å²) >= 11 is 0. The summed E-state index contributed by atoms with van der Waals surface area (Å²) < 4.78 is 18.2. The predicted molar refractivity (Wildman–Crippen MR) is 134 cm³/mol. The molecule has 3 aromatic rings. The lowest BCUT2D eigenvalue weighted by Gasteiger charge is -2.35. The number of hydrogen-bond acceptors (Lipinski definition) is 7. The second-order valence-corrected chi connectivity index (χ2v) is 9.55. The Morgan fingerprint density at radius 3 is 2.73 bits per heavy atom.